The first-order valence-electron chi connectivity index (χ1n) is 12.8. The van der Waals surface area contributed by atoms with Gasteiger partial charge in [-0.15, -0.1) is 6.42 Å². The van der Waals surface area contributed by atoms with Crippen LogP contribution in [0.25, 0.3) is 5.57 Å². The fraction of sp³-hybridized carbons (Fsp3) is 0.242. The highest BCUT2D eigenvalue weighted by Gasteiger charge is 2.11. The van der Waals surface area contributed by atoms with Crippen LogP contribution in [-0.4, -0.2) is 23.1 Å². The topological polar surface area (TPSA) is 66.4 Å². The lowest BCUT2D eigenvalue weighted by Gasteiger charge is -2.18. The van der Waals surface area contributed by atoms with Gasteiger partial charge in [-0.05, 0) is 91.9 Å². The Bertz CT molecular complexity index is 1360. The van der Waals surface area contributed by atoms with E-state index in [0.29, 0.717) is 5.56 Å². The van der Waals surface area contributed by atoms with E-state index in [4.69, 9.17) is 6.42 Å². The van der Waals surface area contributed by atoms with Gasteiger partial charge in [0.2, 0.25) is 0 Å². The smallest absolute Gasteiger partial charge is 0.257 e. The molecule has 0 aliphatic carbocycles. The van der Waals surface area contributed by atoms with Crippen molar-refractivity contribution in [1.82, 2.24) is 10.3 Å². The maximum Gasteiger partial charge on any atom is 0.257 e. The highest BCUT2D eigenvalue weighted by molar-refractivity contribution is 6.04. The van der Waals surface area contributed by atoms with E-state index >= 15 is 0 Å². The third-order valence-corrected chi connectivity index (χ3v) is 5.72. The van der Waals surface area contributed by atoms with Gasteiger partial charge in [0.1, 0.15) is 0 Å². The number of aliphatic imine (C=N–C) groups is 1. The van der Waals surface area contributed by atoms with E-state index < -0.39 is 0 Å². The predicted molar refractivity (Wildman–Crippen MR) is 166 cm³/mol. The van der Waals surface area contributed by atoms with Gasteiger partial charge in [-0.1, -0.05) is 50.6 Å². The molecule has 0 saturated heterocycles. The molecule has 0 bridgehead atoms. The van der Waals surface area contributed by atoms with Crippen molar-refractivity contribution in [3.63, 3.8) is 0 Å². The second-order valence-corrected chi connectivity index (χ2v) is 8.76. The molecule has 2 atom stereocenters. The SMILES string of the molecule is C#C/C=C(\C=C)c1ccc(N=CC(C)N[C@@H](C)c2cccc(NC(=O)c3cncc(C)c3)c2)c(C)c1.CC.[HH].[HH]. The van der Waals surface area contributed by atoms with Gasteiger partial charge in [-0.3, -0.25) is 14.8 Å². The van der Waals surface area contributed by atoms with Gasteiger partial charge in [0.25, 0.3) is 5.91 Å². The van der Waals surface area contributed by atoms with Crippen LogP contribution in [0.15, 0.2) is 84.6 Å². The molecule has 0 radical (unpaired) electrons. The van der Waals surface area contributed by atoms with Gasteiger partial charge in [0.15, 0.2) is 0 Å². The average molecular weight is 511 g/mol. The molecule has 0 aliphatic heterocycles. The van der Waals surface area contributed by atoms with E-state index in [2.05, 4.69) is 53.0 Å². The standard InChI is InChI=1S/C31H32N4O.C2H6.2H2/c1-7-10-25(8-2)27-13-14-30(22(4)16-27)33-19-23(5)34-24(6)26-11-9-12-29(17-26)35-31(36)28-15-21(3)18-32-20-28;1-2;;/h1,8-20,23-24,34H,2H2,3-6H3,(H,35,36);1-2H3;2*1H/b25-10+,33-19?;;;/t23?,24-;;;/m0.../s1. The number of nitrogens with zero attached hydrogens (tertiary/aromatic N) is 2. The predicted octanol–water partition coefficient (Wildman–Crippen LogP) is 8.11. The van der Waals surface area contributed by atoms with Crippen molar-refractivity contribution < 1.29 is 7.65 Å². The van der Waals surface area contributed by atoms with Crippen LogP contribution < -0.4 is 10.6 Å². The van der Waals surface area contributed by atoms with Crippen LogP contribution in [0.5, 0.6) is 0 Å². The van der Waals surface area contributed by atoms with Crippen molar-refractivity contribution in [3.05, 3.63) is 107 Å². The third kappa shape index (κ3) is 8.69. The Kier molecular flexibility index (Phi) is 11.9. The lowest BCUT2D eigenvalue weighted by molar-refractivity contribution is 0.102. The first kappa shape index (κ1) is 30.0. The van der Waals surface area contributed by atoms with Crippen molar-refractivity contribution in [2.75, 3.05) is 5.32 Å². The Hall–Kier alpha value is -4.27. The molecule has 2 aromatic carbocycles. The van der Waals surface area contributed by atoms with E-state index in [1.165, 1.54) is 0 Å². The second-order valence-electron chi connectivity index (χ2n) is 8.76. The molecule has 3 aromatic rings. The number of anilines is 1. The highest BCUT2D eigenvalue weighted by atomic mass is 16.1. The number of carbonyl (C=O) groups is 1. The Morgan fingerprint density at radius 3 is 2.53 bits per heavy atom. The monoisotopic (exact) mass is 510 g/mol. The largest absolute Gasteiger partial charge is 0.322 e. The number of hydrogen-bond acceptors (Lipinski definition) is 4. The molecular weight excluding hydrogens is 468 g/mol. The fourth-order valence-corrected chi connectivity index (χ4v) is 3.82. The first-order valence-corrected chi connectivity index (χ1v) is 12.8. The van der Waals surface area contributed by atoms with Crippen molar-refractivity contribution in [2.45, 2.75) is 53.6 Å². The number of aromatic nitrogens is 1. The molecule has 5 nitrogen and oxygen atoms in total. The molecule has 3 rings (SSSR count). The normalized spacial score (nSPS) is 12.6. The molecule has 0 aliphatic rings. The summed E-state index contributed by atoms with van der Waals surface area (Å²) in [5, 5.41) is 6.50. The fourth-order valence-electron chi connectivity index (χ4n) is 3.82. The number of aryl methyl sites for hydroxylation is 2. The Labute approximate surface area is 230 Å². The van der Waals surface area contributed by atoms with Crippen molar-refractivity contribution in [2.24, 2.45) is 4.99 Å². The minimum Gasteiger partial charge on any atom is -0.322 e. The first-order chi connectivity index (χ1) is 18.3. The number of amides is 1. The molecule has 0 fully saturated rings. The van der Waals surface area contributed by atoms with Crippen LogP contribution in [0.4, 0.5) is 11.4 Å². The van der Waals surface area contributed by atoms with Crippen LogP contribution in [0.2, 0.25) is 0 Å². The Balaban J connectivity index is 0.00000372. The summed E-state index contributed by atoms with van der Waals surface area (Å²) >= 11 is 0. The van der Waals surface area contributed by atoms with E-state index in [9.17, 15) is 4.79 Å². The molecule has 1 amide bonds. The third-order valence-electron chi connectivity index (χ3n) is 5.72. The number of rotatable bonds is 9. The van der Waals surface area contributed by atoms with Gasteiger partial charge >= 0.3 is 0 Å². The van der Waals surface area contributed by atoms with Gasteiger partial charge in [-0.2, -0.15) is 0 Å². The van der Waals surface area contributed by atoms with Gasteiger partial charge in [-0.25, -0.2) is 0 Å². The number of pyridine rings is 1. The summed E-state index contributed by atoms with van der Waals surface area (Å²) < 4.78 is 0. The number of benzene rings is 2. The lowest BCUT2D eigenvalue weighted by atomic mass is 10.0. The van der Waals surface area contributed by atoms with Crippen molar-refractivity contribution in [3.8, 4) is 12.3 Å². The minimum atomic E-state index is -0.180. The maximum atomic E-state index is 12.6. The number of allylic oxidation sites excluding steroid dienone is 3. The summed E-state index contributed by atoms with van der Waals surface area (Å²) in [6.07, 6.45) is 14.1. The molecule has 2 N–H and O–H groups in total. The van der Waals surface area contributed by atoms with Crippen LogP contribution in [-0.2, 0) is 0 Å². The van der Waals surface area contributed by atoms with Crippen molar-refractivity contribution >= 4 is 29.1 Å². The van der Waals surface area contributed by atoms with E-state index in [-0.39, 0.29) is 20.8 Å². The zero-order valence-corrected chi connectivity index (χ0v) is 23.2. The van der Waals surface area contributed by atoms with Gasteiger partial charge in [0.05, 0.1) is 11.3 Å². The maximum absolute atomic E-state index is 12.6. The van der Waals surface area contributed by atoms with Crippen LogP contribution in [0, 0.1) is 26.2 Å². The average Bonchev–Trinajstić information content (AvgIpc) is 2.92. The van der Waals surface area contributed by atoms with Crippen LogP contribution in [0.3, 0.4) is 0 Å². The van der Waals surface area contributed by atoms with Crippen LogP contribution >= 0.6 is 0 Å². The summed E-state index contributed by atoms with van der Waals surface area (Å²) in [5.74, 6) is 2.37. The lowest BCUT2D eigenvalue weighted by Crippen LogP contribution is -2.30. The van der Waals surface area contributed by atoms with Gasteiger partial charge in [0, 0.05) is 39.2 Å². The van der Waals surface area contributed by atoms with Gasteiger partial charge < -0.3 is 10.6 Å². The second kappa shape index (κ2) is 15.1. The molecule has 38 heavy (non-hydrogen) atoms. The summed E-state index contributed by atoms with van der Waals surface area (Å²) in [6.45, 7) is 15.9. The quantitative estimate of drug-likeness (QED) is 0.174. The summed E-state index contributed by atoms with van der Waals surface area (Å²) in [6, 6.07) is 15.8. The molecule has 200 valence electrons. The molecular formula is C33H42N4O. The summed E-state index contributed by atoms with van der Waals surface area (Å²) in [4.78, 5) is 21.4. The zero-order valence-electron chi connectivity index (χ0n) is 23.2. The highest BCUT2D eigenvalue weighted by Crippen LogP contribution is 2.24. The molecule has 1 heterocycles. The number of carbonyl (C=O) groups excluding carboxylic acids is 1. The molecule has 1 unspecified atom stereocenters. The van der Waals surface area contributed by atoms with E-state index in [1.54, 1.807) is 24.5 Å². The summed E-state index contributed by atoms with van der Waals surface area (Å²) in [5.41, 5.74) is 7.17. The number of terminal acetylenes is 1. The number of nitrogens with one attached hydrogen (secondary N) is 2. The minimum absolute atomic E-state index is 0. The van der Waals surface area contributed by atoms with Crippen molar-refractivity contribution in [1.29, 1.82) is 0 Å². The van der Waals surface area contributed by atoms with Crippen LogP contribution in [0.1, 0.15) is 69.2 Å². The molecule has 5 heteroatoms. The Morgan fingerprint density at radius 1 is 1.11 bits per heavy atom. The van der Waals surface area contributed by atoms with E-state index in [0.717, 1.165) is 39.2 Å². The number of hydrogen-bond donors (Lipinski definition) is 2. The molecule has 1 aromatic heterocycles. The zero-order chi connectivity index (χ0) is 28.1. The Morgan fingerprint density at radius 2 is 1.87 bits per heavy atom. The molecule has 0 saturated carbocycles. The van der Waals surface area contributed by atoms with E-state index in [1.807, 2.05) is 76.4 Å². The summed E-state index contributed by atoms with van der Waals surface area (Å²) in [7, 11) is 0. The molecule has 0 spiro atoms.